The Labute approximate surface area is 108 Å². The Bertz CT molecular complexity index is 585. The zero-order valence-electron chi connectivity index (χ0n) is 10.5. The quantitative estimate of drug-likeness (QED) is 0.894. The van der Waals surface area contributed by atoms with Crippen LogP contribution in [0.2, 0.25) is 0 Å². The Morgan fingerprint density at radius 1 is 1.11 bits per heavy atom. The van der Waals surface area contributed by atoms with Crippen LogP contribution in [0.1, 0.15) is 34.3 Å². The van der Waals surface area contributed by atoms with Crippen LogP contribution in [0, 0.1) is 13.8 Å². The maximum atomic E-state index is 12.5. The lowest BCUT2D eigenvalue weighted by Crippen LogP contribution is -2.07. The van der Waals surface area contributed by atoms with Gasteiger partial charge < -0.3 is 9.52 Å². The smallest absolute Gasteiger partial charge is 0.416 e. The highest BCUT2D eigenvalue weighted by Crippen LogP contribution is 2.33. The number of halogens is 3. The second-order valence-corrected chi connectivity index (χ2v) is 4.42. The lowest BCUT2D eigenvalue weighted by atomic mass is 9.99. The topological polar surface area (TPSA) is 33.4 Å². The molecule has 0 saturated heterocycles. The third-order valence-corrected chi connectivity index (χ3v) is 2.92. The van der Waals surface area contributed by atoms with Gasteiger partial charge in [-0.25, -0.2) is 0 Å². The summed E-state index contributed by atoms with van der Waals surface area (Å²) in [5, 5.41) is 10.1. The molecule has 0 bridgehead atoms. The molecule has 2 rings (SSSR count). The molecule has 5 heteroatoms. The third kappa shape index (κ3) is 2.81. The van der Waals surface area contributed by atoms with Crippen molar-refractivity contribution in [3.05, 3.63) is 58.5 Å². The van der Waals surface area contributed by atoms with Gasteiger partial charge in [0.2, 0.25) is 0 Å². The highest BCUT2D eigenvalue weighted by atomic mass is 19.4. The van der Waals surface area contributed by atoms with Crippen LogP contribution in [0.25, 0.3) is 0 Å². The fourth-order valence-electron chi connectivity index (χ4n) is 1.91. The molecule has 0 fully saturated rings. The van der Waals surface area contributed by atoms with Gasteiger partial charge in [-0.2, -0.15) is 13.2 Å². The van der Waals surface area contributed by atoms with E-state index >= 15 is 0 Å². The number of benzene rings is 1. The summed E-state index contributed by atoms with van der Waals surface area (Å²) >= 11 is 0. The number of rotatable bonds is 2. The van der Waals surface area contributed by atoms with Gasteiger partial charge in [-0.15, -0.1) is 0 Å². The Kier molecular flexibility index (Phi) is 3.41. The van der Waals surface area contributed by atoms with Gasteiger partial charge in [-0.05, 0) is 49.2 Å². The van der Waals surface area contributed by atoms with E-state index in [9.17, 15) is 18.3 Å². The normalized spacial score (nSPS) is 13.6. The standard InChI is InChI=1S/C14H13F3O2/c1-8-7-10(14(15,16)17)4-5-11(8)13(18)12-6-3-9(2)19-12/h3-7,13,18H,1-2H3. The molecule has 1 heterocycles. The SMILES string of the molecule is Cc1ccc(C(O)c2ccc(C(F)(F)F)cc2C)o1. The monoisotopic (exact) mass is 270 g/mol. The molecule has 0 saturated carbocycles. The second kappa shape index (κ2) is 4.74. The van der Waals surface area contributed by atoms with Crippen molar-refractivity contribution in [2.45, 2.75) is 26.1 Å². The van der Waals surface area contributed by atoms with Gasteiger partial charge in [0.15, 0.2) is 0 Å². The van der Waals surface area contributed by atoms with Gasteiger partial charge in [-0.1, -0.05) is 6.07 Å². The Morgan fingerprint density at radius 2 is 1.79 bits per heavy atom. The van der Waals surface area contributed by atoms with E-state index in [-0.39, 0.29) is 0 Å². The number of furan rings is 1. The number of hydrogen-bond acceptors (Lipinski definition) is 2. The number of aryl methyl sites for hydroxylation is 2. The summed E-state index contributed by atoms with van der Waals surface area (Å²) in [5.41, 5.74) is 0.0512. The highest BCUT2D eigenvalue weighted by Gasteiger charge is 2.31. The third-order valence-electron chi connectivity index (χ3n) is 2.92. The Balaban J connectivity index is 2.36. The molecule has 0 amide bonds. The molecular formula is C14H13F3O2. The molecule has 1 atom stereocenters. The van der Waals surface area contributed by atoms with E-state index < -0.39 is 17.8 Å². The van der Waals surface area contributed by atoms with Crippen molar-refractivity contribution in [2.75, 3.05) is 0 Å². The minimum atomic E-state index is -4.38. The van der Waals surface area contributed by atoms with E-state index in [2.05, 4.69) is 0 Å². The van der Waals surface area contributed by atoms with Crippen LogP contribution >= 0.6 is 0 Å². The molecule has 1 aromatic heterocycles. The lowest BCUT2D eigenvalue weighted by Gasteiger charge is -2.14. The summed E-state index contributed by atoms with van der Waals surface area (Å²) in [7, 11) is 0. The maximum Gasteiger partial charge on any atom is 0.416 e. The summed E-state index contributed by atoms with van der Waals surface area (Å²) < 4.78 is 42.9. The summed E-state index contributed by atoms with van der Waals surface area (Å²) in [4.78, 5) is 0. The minimum absolute atomic E-state index is 0.320. The Morgan fingerprint density at radius 3 is 2.26 bits per heavy atom. The highest BCUT2D eigenvalue weighted by molar-refractivity contribution is 5.36. The molecular weight excluding hydrogens is 257 g/mol. The van der Waals surface area contributed by atoms with Crippen molar-refractivity contribution in [2.24, 2.45) is 0 Å². The fourth-order valence-corrected chi connectivity index (χ4v) is 1.91. The van der Waals surface area contributed by atoms with E-state index in [1.54, 1.807) is 19.1 Å². The maximum absolute atomic E-state index is 12.5. The van der Waals surface area contributed by atoms with E-state index in [0.717, 1.165) is 12.1 Å². The molecule has 1 unspecified atom stereocenters. The summed E-state index contributed by atoms with van der Waals surface area (Å²) in [5.74, 6) is 0.957. The average molecular weight is 270 g/mol. The molecule has 0 radical (unpaired) electrons. The van der Waals surface area contributed by atoms with E-state index in [1.807, 2.05) is 0 Å². The number of aliphatic hydroxyl groups is 1. The predicted octanol–water partition coefficient (Wildman–Crippen LogP) is 4.00. The van der Waals surface area contributed by atoms with Gasteiger partial charge in [0.1, 0.15) is 17.6 Å². The first-order valence-corrected chi connectivity index (χ1v) is 5.71. The number of aliphatic hydroxyl groups excluding tert-OH is 1. The molecule has 102 valence electrons. The van der Waals surface area contributed by atoms with E-state index in [0.29, 0.717) is 22.6 Å². The molecule has 0 aliphatic carbocycles. The largest absolute Gasteiger partial charge is 0.463 e. The van der Waals surface area contributed by atoms with Gasteiger partial charge in [0.25, 0.3) is 0 Å². The van der Waals surface area contributed by atoms with Crippen molar-refractivity contribution in [1.29, 1.82) is 0 Å². The lowest BCUT2D eigenvalue weighted by molar-refractivity contribution is -0.137. The zero-order valence-corrected chi connectivity index (χ0v) is 10.5. The van der Waals surface area contributed by atoms with Gasteiger partial charge >= 0.3 is 6.18 Å². The van der Waals surface area contributed by atoms with Crippen LogP contribution in [0.3, 0.4) is 0 Å². The van der Waals surface area contributed by atoms with Gasteiger partial charge in [-0.3, -0.25) is 0 Å². The van der Waals surface area contributed by atoms with Crippen LogP contribution < -0.4 is 0 Å². The zero-order chi connectivity index (χ0) is 14.2. The average Bonchev–Trinajstić information content (AvgIpc) is 2.73. The molecule has 0 aliphatic rings. The molecule has 19 heavy (non-hydrogen) atoms. The molecule has 2 nitrogen and oxygen atoms in total. The number of hydrogen-bond donors (Lipinski definition) is 1. The summed E-state index contributed by atoms with van der Waals surface area (Å²) in [6, 6.07) is 6.56. The minimum Gasteiger partial charge on any atom is -0.463 e. The van der Waals surface area contributed by atoms with Crippen LogP contribution in [0.5, 0.6) is 0 Å². The molecule has 0 spiro atoms. The molecule has 0 aliphatic heterocycles. The molecule has 1 N–H and O–H groups in total. The van der Waals surface area contributed by atoms with Crippen molar-refractivity contribution in [3.63, 3.8) is 0 Å². The van der Waals surface area contributed by atoms with E-state index in [1.165, 1.54) is 13.0 Å². The molecule has 2 aromatic rings. The van der Waals surface area contributed by atoms with Crippen LogP contribution in [-0.4, -0.2) is 5.11 Å². The first-order valence-electron chi connectivity index (χ1n) is 5.71. The Hall–Kier alpha value is -1.75. The van der Waals surface area contributed by atoms with Crippen molar-refractivity contribution in [1.82, 2.24) is 0 Å². The first kappa shape index (κ1) is 13.7. The van der Waals surface area contributed by atoms with Crippen molar-refractivity contribution < 1.29 is 22.7 Å². The first-order chi connectivity index (χ1) is 8.79. The fraction of sp³-hybridized carbons (Fsp3) is 0.286. The second-order valence-electron chi connectivity index (χ2n) is 4.42. The summed E-state index contributed by atoms with van der Waals surface area (Å²) in [6.45, 7) is 3.26. The van der Waals surface area contributed by atoms with Gasteiger partial charge in [0.05, 0.1) is 5.56 Å². The van der Waals surface area contributed by atoms with Gasteiger partial charge in [0, 0.05) is 0 Å². The van der Waals surface area contributed by atoms with Crippen LogP contribution in [-0.2, 0) is 6.18 Å². The van der Waals surface area contributed by atoms with E-state index in [4.69, 9.17) is 4.42 Å². The van der Waals surface area contributed by atoms with Crippen LogP contribution in [0.15, 0.2) is 34.7 Å². The van der Waals surface area contributed by atoms with Crippen LogP contribution in [0.4, 0.5) is 13.2 Å². The molecule has 1 aromatic carbocycles. The van der Waals surface area contributed by atoms with Crippen molar-refractivity contribution in [3.8, 4) is 0 Å². The number of alkyl halides is 3. The predicted molar refractivity (Wildman–Crippen MR) is 63.7 cm³/mol. The summed E-state index contributed by atoms with van der Waals surface area (Å²) in [6.07, 6.45) is -5.44. The van der Waals surface area contributed by atoms with Crippen molar-refractivity contribution >= 4 is 0 Å².